The summed E-state index contributed by atoms with van der Waals surface area (Å²) in [5, 5.41) is 7.22. The summed E-state index contributed by atoms with van der Waals surface area (Å²) in [5.74, 6) is -0.0302. The van der Waals surface area contributed by atoms with E-state index in [1.807, 2.05) is 12.1 Å². The first kappa shape index (κ1) is 16.5. The van der Waals surface area contributed by atoms with E-state index in [4.69, 9.17) is 0 Å². The quantitative estimate of drug-likeness (QED) is 0.831. The van der Waals surface area contributed by atoms with Crippen molar-refractivity contribution in [3.63, 3.8) is 0 Å². The maximum Gasteiger partial charge on any atom is 0.271 e. The van der Waals surface area contributed by atoms with Crippen LogP contribution in [0.4, 0.5) is 5.69 Å². The summed E-state index contributed by atoms with van der Waals surface area (Å²) in [6.45, 7) is 0. The Balaban J connectivity index is 1.41. The van der Waals surface area contributed by atoms with Gasteiger partial charge in [-0.15, -0.1) is 0 Å². The van der Waals surface area contributed by atoms with Gasteiger partial charge < -0.3 is 5.32 Å². The van der Waals surface area contributed by atoms with E-state index in [1.165, 1.54) is 5.56 Å². The van der Waals surface area contributed by atoms with Crippen molar-refractivity contribution in [1.29, 1.82) is 0 Å². The summed E-state index contributed by atoms with van der Waals surface area (Å²) in [6.07, 6.45) is 4.90. The summed E-state index contributed by atoms with van der Waals surface area (Å²) in [7, 11) is 0. The number of carbonyl (C=O) groups excluding carboxylic acids is 2. The summed E-state index contributed by atoms with van der Waals surface area (Å²) < 4.78 is 0. The normalized spacial score (nSPS) is 17.5. The average molecular weight is 347 g/mol. The van der Waals surface area contributed by atoms with Gasteiger partial charge in [-0.2, -0.15) is 5.10 Å². The predicted octanol–water partition coefficient (Wildman–Crippen LogP) is 3.51. The van der Waals surface area contributed by atoms with Gasteiger partial charge in [-0.25, -0.2) is 5.43 Å². The molecule has 2 aliphatic rings. The summed E-state index contributed by atoms with van der Waals surface area (Å²) in [4.78, 5) is 24.1. The number of rotatable bonds is 4. The lowest BCUT2D eigenvalue weighted by atomic mass is 9.90. The highest BCUT2D eigenvalue weighted by Crippen LogP contribution is 2.30. The van der Waals surface area contributed by atoms with E-state index in [0.717, 1.165) is 43.4 Å². The minimum absolute atomic E-state index is 0.0598. The van der Waals surface area contributed by atoms with Crippen LogP contribution in [-0.4, -0.2) is 17.5 Å². The highest BCUT2D eigenvalue weighted by atomic mass is 16.2. The molecule has 2 aromatic carbocycles. The maximum atomic E-state index is 12.3. The van der Waals surface area contributed by atoms with Crippen LogP contribution in [-0.2, 0) is 11.2 Å². The van der Waals surface area contributed by atoms with Crippen molar-refractivity contribution in [3.05, 3.63) is 65.2 Å². The summed E-state index contributed by atoms with van der Waals surface area (Å²) in [5.41, 5.74) is 7.22. The molecule has 2 amide bonds. The molecule has 0 unspecified atom stereocenters. The van der Waals surface area contributed by atoms with Crippen molar-refractivity contribution >= 4 is 23.2 Å². The highest BCUT2D eigenvalue weighted by molar-refractivity contribution is 6.04. The Labute approximate surface area is 152 Å². The second kappa shape index (κ2) is 7.12. The Morgan fingerprint density at radius 2 is 1.73 bits per heavy atom. The van der Waals surface area contributed by atoms with E-state index in [-0.39, 0.29) is 17.7 Å². The average Bonchev–Trinajstić information content (AvgIpc) is 3.52. The third kappa shape index (κ3) is 3.67. The molecule has 2 aromatic rings. The van der Waals surface area contributed by atoms with Crippen molar-refractivity contribution in [3.8, 4) is 0 Å². The molecule has 0 bridgehead atoms. The number of amides is 2. The molecule has 0 aliphatic heterocycles. The van der Waals surface area contributed by atoms with Gasteiger partial charge in [0.15, 0.2) is 0 Å². The van der Waals surface area contributed by atoms with Gasteiger partial charge in [0, 0.05) is 22.7 Å². The lowest BCUT2D eigenvalue weighted by molar-refractivity contribution is -0.117. The van der Waals surface area contributed by atoms with Gasteiger partial charge in [-0.1, -0.05) is 24.3 Å². The van der Waals surface area contributed by atoms with Gasteiger partial charge in [0.25, 0.3) is 5.91 Å². The molecule has 0 saturated heterocycles. The topological polar surface area (TPSA) is 70.6 Å². The number of hydrogen-bond acceptors (Lipinski definition) is 3. The van der Waals surface area contributed by atoms with E-state index < -0.39 is 0 Å². The van der Waals surface area contributed by atoms with Crippen LogP contribution in [0.15, 0.2) is 53.6 Å². The molecule has 1 saturated carbocycles. The number of benzene rings is 2. The molecule has 0 spiro atoms. The number of hydrogen-bond donors (Lipinski definition) is 2. The molecule has 5 heteroatoms. The van der Waals surface area contributed by atoms with Crippen LogP contribution >= 0.6 is 0 Å². The Morgan fingerprint density at radius 3 is 2.50 bits per heavy atom. The molecule has 0 heterocycles. The fourth-order valence-electron chi connectivity index (χ4n) is 3.19. The number of anilines is 1. The predicted molar refractivity (Wildman–Crippen MR) is 101 cm³/mol. The van der Waals surface area contributed by atoms with Crippen LogP contribution in [0.3, 0.4) is 0 Å². The Bertz CT molecular complexity index is 867. The zero-order valence-corrected chi connectivity index (χ0v) is 14.5. The van der Waals surface area contributed by atoms with E-state index in [1.54, 1.807) is 24.3 Å². The molecule has 26 heavy (non-hydrogen) atoms. The van der Waals surface area contributed by atoms with Crippen molar-refractivity contribution in [2.75, 3.05) is 5.32 Å². The number of nitrogens with zero attached hydrogens (tertiary/aromatic N) is 1. The number of aryl methyl sites for hydroxylation is 1. The molecule has 4 rings (SSSR count). The first-order chi connectivity index (χ1) is 12.7. The smallest absolute Gasteiger partial charge is 0.271 e. The number of hydrazone groups is 1. The standard InChI is InChI=1S/C21H21N3O2/c25-20(15-8-9-15)22-17-12-10-16(11-13-17)21(26)24-23-19-7-3-5-14-4-1-2-6-18(14)19/h1-2,4,6,10-13,15H,3,5,7-9H2,(H,22,25)(H,24,26)/b23-19+. The molecular weight excluding hydrogens is 326 g/mol. The van der Waals surface area contributed by atoms with E-state index in [9.17, 15) is 9.59 Å². The second-order valence-corrected chi connectivity index (χ2v) is 6.85. The van der Waals surface area contributed by atoms with Gasteiger partial charge in [0.1, 0.15) is 0 Å². The fourth-order valence-corrected chi connectivity index (χ4v) is 3.19. The fraction of sp³-hybridized carbons (Fsp3) is 0.286. The lowest BCUT2D eigenvalue weighted by Crippen LogP contribution is -2.22. The molecule has 2 aliphatic carbocycles. The monoisotopic (exact) mass is 347 g/mol. The number of nitrogens with one attached hydrogen (secondary N) is 2. The molecule has 5 nitrogen and oxygen atoms in total. The molecule has 1 fully saturated rings. The van der Waals surface area contributed by atoms with Gasteiger partial charge in [0.2, 0.25) is 5.91 Å². The maximum absolute atomic E-state index is 12.3. The van der Waals surface area contributed by atoms with Crippen LogP contribution in [0.1, 0.15) is 47.2 Å². The first-order valence-corrected chi connectivity index (χ1v) is 9.07. The highest BCUT2D eigenvalue weighted by Gasteiger charge is 2.29. The van der Waals surface area contributed by atoms with Crippen molar-refractivity contribution in [1.82, 2.24) is 5.43 Å². The third-order valence-electron chi connectivity index (χ3n) is 4.84. The number of fused-ring (bicyclic) bond motifs is 1. The molecule has 0 aromatic heterocycles. The molecule has 0 atom stereocenters. The SMILES string of the molecule is O=C(N/N=C1\CCCc2ccccc21)c1ccc(NC(=O)C2CC2)cc1. The largest absolute Gasteiger partial charge is 0.326 e. The van der Waals surface area contributed by atoms with Crippen LogP contribution in [0.2, 0.25) is 0 Å². The van der Waals surface area contributed by atoms with Crippen LogP contribution in [0.5, 0.6) is 0 Å². The molecule has 2 N–H and O–H groups in total. The van der Waals surface area contributed by atoms with Gasteiger partial charge in [-0.3, -0.25) is 9.59 Å². The van der Waals surface area contributed by atoms with Crippen molar-refractivity contribution < 1.29 is 9.59 Å². The first-order valence-electron chi connectivity index (χ1n) is 9.07. The van der Waals surface area contributed by atoms with Gasteiger partial charge in [-0.05, 0) is 61.9 Å². The third-order valence-corrected chi connectivity index (χ3v) is 4.84. The van der Waals surface area contributed by atoms with Gasteiger partial charge >= 0.3 is 0 Å². The Morgan fingerprint density at radius 1 is 0.962 bits per heavy atom. The minimum atomic E-state index is -0.249. The van der Waals surface area contributed by atoms with E-state index in [0.29, 0.717) is 11.3 Å². The van der Waals surface area contributed by atoms with Crippen LogP contribution in [0, 0.1) is 5.92 Å². The summed E-state index contributed by atoms with van der Waals surface area (Å²) in [6, 6.07) is 15.1. The number of carbonyl (C=O) groups is 2. The van der Waals surface area contributed by atoms with Crippen molar-refractivity contribution in [2.45, 2.75) is 32.1 Å². The molecule has 132 valence electrons. The van der Waals surface area contributed by atoms with E-state index in [2.05, 4.69) is 28.0 Å². The second-order valence-electron chi connectivity index (χ2n) is 6.85. The van der Waals surface area contributed by atoms with E-state index >= 15 is 0 Å². The van der Waals surface area contributed by atoms with Crippen LogP contribution < -0.4 is 10.7 Å². The summed E-state index contributed by atoms with van der Waals surface area (Å²) >= 11 is 0. The molecular formula is C21H21N3O2. The van der Waals surface area contributed by atoms with Gasteiger partial charge in [0.05, 0.1) is 5.71 Å². The minimum Gasteiger partial charge on any atom is -0.326 e. The zero-order chi connectivity index (χ0) is 17.9. The zero-order valence-electron chi connectivity index (χ0n) is 14.5. The molecule has 0 radical (unpaired) electrons. The Kier molecular flexibility index (Phi) is 4.52. The van der Waals surface area contributed by atoms with Crippen LogP contribution in [0.25, 0.3) is 0 Å². The lowest BCUT2D eigenvalue weighted by Gasteiger charge is -2.17. The van der Waals surface area contributed by atoms with Crippen molar-refractivity contribution in [2.24, 2.45) is 11.0 Å². The Hall–Kier alpha value is -2.95.